The van der Waals surface area contributed by atoms with E-state index in [0.29, 0.717) is 24.0 Å². The van der Waals surface area contributed by atoms with E-state index in [4.69, 9.17) is 0 Å². The first-order valence-corrected chi connectivity index (χ1v) is 10.1. The molecule has 0 aliphatic carbocycles. The Morgan fingerprint density at radius 2 is 2.00 bits per heavy atom. The molecule has 0 aliphatic heterocycles. The van der Waals surface area contributed by atoms with Crippen molar-refractivity contribution in [2.24, 2.45) is 0 Å². The van der Waals surface area contributed by atoms with Crippen LogP contribution in [0.25, 0.3) is 21.1 Å². The van der Waals surface area contributed by atoms with E-state index in [0.717, 1.165) is 21.3 Å². The Morgan fingerprint density at radius 3 is 2.75 bits per heavy atom. The number of aryl methyl sites for hydroxylation is 2. The van der Waals surface area contributed by atoms with Crippen molar-refractivity contribution in [3.8, 4) is 0 Å². The Labute approximate surface area is 166 Å². The Hall–Kier alpha value is -2.80. The molecule has 7 heteroatoms. The van der Waals surface area contributed by atoms with Gasteiger partial charge in [0.2, 0.25) is 0 Å². The fourth-order valence-corrected chi connectivity index (χ4v) is 4.68. The maximum atomic E-state index is 13.3. The number of fused-ring (bicyclic) bond motifs is 2. The second-order valence-corrected chi connectivity index (χ2v) is 8.06. The second-order valence-electron chi connectivity index (χ2n) is 7.26. The van der Waals surface area contributed by atoms with Crippen LogP contribution in [0.1, 0.15) is 43.1 Å². The van der Waals surface area contributed by atoms with Gasteiger partial charge < -0.3 is 0 Å². The molecule has 4 rings (SSSR count). The number of aromatic nitrogens is 4. The zero-order chi connectivity index (χ0) is 20.0. The monoisotopic (exact) mass is 394 g/mol. The van der Waals surface area contributed by atoms with Gasteiger partial charge in [0.25, 0.3) is 5.56 Å². The topological polar surface area (TPSA) is 69.8 Å². The third-order valence-electron chi connectivity index (χ3n) is 5.26. The van der Waals surface area contributed by atoms with Crippen LogP contribution in [-0.4, -0.2) is 18.5 Å². The van der Waals surface area contributed by atoms with E-state index in [1.165, 1.54) is 21.7 Å². The van der Waals surface area contributed by atoms with Crippen LogP contribution in [0, 0.1) is 13.8 Å². The molecule has 144 valence electrons. The first-order valence-electron chi connectivity index (χ1n) is 9.38. The Bertz CT molecular complexity index is 1320. The lowest BCUT2D eigenvalue weighted by Crippen LogP contribution is -2.42. The molecule has 28 heavy (non-hydrogen) atoms. The quantitative estimate of drug-likeness (QED) is 0.528. The molecule has 6 nitrogen and oxygen atoms in total. The highest BCUT2D eigenvalue weighted by Crippen LogP contribution is 2.28. The first-order chi connectivity index (χ1) is 13.4. The van der Waals surface area contributed by atoms with Crippen molar-refractivity contribution in [3.63, 3.8) is 0 Å². The lowest BCUT2D eigenvalue weighted by molar-refractivity contribution is 0.475. The minimum atomic E-state index is -0.332. The molecule has 1 atom stereocenters. The Balaban J connectivity index is 2.00. The number of hydrogen-bond acceptors (Lipinski definition) is 5. The van der Waals surface area contributed by atoms with Crippen molar-refractivity contribution in [3.05, 3.63) is 68.1 Å². The third kappa shape index (κ3) is 2.86. The van der Waals surface area contributed by atoms with Crippen molar-refractivity contribution in [1.29, 1.82) is 0 Å². The minimum Gasteiger partial charge on any atom is -0.285 e. The summed E-state index contributed by atoms with van der Waals surface area (Å²) in [6, 6.07) is 7.57. The molecule has 0 fully saturated rings. The summed E-state index contributed by atoms with van der Waals surface area (Å²) < 4.78 is 8.69. The molecule has 0 saturated carbocycles. The molecular weight excluding hydrogens is 372 g/mol. The molecule has 0 bridgehead atoms. The normalized spacial score (nSPS) is 12.7. The fourth-order valence-electron chi connectivity index (χ4n) is 3.72. The molecule has 0 radical (unpaired) electrons. The van der Waals surface area contributed by atoms with Crippen LogP contribution < -0.4 is 11.2 Å². The third-order valence-corrected chi connectivity index (χ3v) is 6.09. The van der Waals surface area contributed by atoms with Crippen LogP contribution in [0.15, 0.2) is 40.1 Å². The van der Waals surface area contributed by atoms with Gasteiger partial charge >= 0.3 is 5.69 Å². The molecule has 3 heterocycles. The van der Waals surface area contributed by atoms with E-state index < -0.39 is 0 Å². The zero-order valence-corrected chi connectivity index (χ0v) is 17.2. The van der Waals surface area contributed by atoms with Gasteiger partial charge in [0, 0.05) is 17.6 Å². The smallest absolute Gasteiger partial charge is 0.285 e. The highest BCUT2D eigenvalue weighted by atomic mass is 32.1. The van der Waals surface area contributed by atoms with Crippen molar-refractivity contribution in [1.82, 2.24) is 18.5 Å². The van der Waals surface area contributed by atoms with Crippen LogP contribution in [0.3, 0.4) is 0 Å². The van der Waals surface area contributed by atoms with Crippen LogP contribution >= 0.6 is 11.5 Å². The summed E-state index contributed by atoms with van der Waals surface area (Å²) in [4.78, 5) is 30.4. The Morgan fingerprint density at radius 1 is 1.21 bits per heavy atom. The van der Waals surface area contributed by atoms with Crippen molar-refractivity contribution in [2.75, 3.05) is 0 Å². The highest BCUT2D eigenvalue weighted by molar-refractivity contribution is 7.13. The van der Waals surface area contributed by atoms with Crippen LogP contribution in [0.2, 0.25) is 0 Å². The van der Waals surface area contributed by atoms with Gasteiger partial charge in [0.15, 0.2) is 5.52 Å². The van der Waals surface area contributed by atoms with Gasteiger partial charge in [-0.2, -0.15) is 4.37 Å². The summed E-state index contributed by atoms with van der Waals surface area (Å²) in [6.07, 6.45) is 2.27. The molecule has 3 aromatic heterocycles. The second kappa shape index (κ2) is 6.98. The van der Waals surface area contributed by atoms with Crippen LogP contribution in [-0.2, 0) is 6.54 Å². The van der Waals surface area contributed by atoms with Gasteiger partial charge in [0.05, 0.1) is 22.5 Å². The van der Waals surface area contributed by atoms with E-state index in [2.05, 4.69) is 35.3 Å². The van der Waals surface area contributed by atoms with Crippen LogP contribution in [0.5, 0.6) is 0 Å². The lowest BCUT2D eigenvalue weighted by Gasteiger charge is -2.17. The molecule has 1 unspecified atom stereocenters. The first kappa shape index (κ1) is 18.6. The molecular formula is C21H22N4O2S. The fraction of sp³-hybridized carbons (Fsp3) is 0.333. The number of nitrogens with zero attached hydrogens (tertiary/aromatic N) is 4. The van der Waals surface area contributed by atoms with E-state index in [1.807, 2.05) is 13.8 Å². The number of pyridine rings is 1. The van der Waals surface area contributed by atoms with E-state index in [-0.39, 0.29) is 17.3 Å². The minimum absolute atomic E-state index is 0.200. The predicted octanol–water partition coefficient (Wildman–Crippen LogP) is 3.80. The zero-order valence-electron chi connectivity index (χ0n) is 16.4. The van der Waals surface area contributed by atoms with Gasteiger partial charge in [0.1, 0.15) is 0 Å². The standard InChI is InChI=1S/C21H22N4O2S/c1-5-14(4)25-20(26)19-16(7-6-8-22-19)24(21(25)27)11-15-18-13(3)9-12(2)10-17(18)28-23-15/h6-10,14H,5,11H2,1-4H3. The lowest BCUT2D eigenvalue weighted by atomic mass is 10.1. The highest BCUT2D eigenvalue weighted by Gasteiger charge is 2.19. The predicted molar refractivity (Wildman–Crippen MR) is 113 cm³/mol. The molecule has 0 aliphatic rings. The number of rotatable bonds is 4. The van der Waals surface area contributed by atoms with Gasteiger partial charge in [-0.3, -0.25) is 13.9 Å². The summed E-state index contributed by atoms with van der Waals surface area (Å²) in [5, 5.41) is 1.08. The summed E-state index contributed by atoms with van der Waals surface area (Å²) >= 11 is 1.44. The molecule has 0 spiro atoms. The van der Waals surface area contributed by atoms with Crippen LogP contribution in [0.4, 0.5) is 0 Å². The molecule has 0 N–H and O–H groups in total. The maximum Gasteiger partial charge on any atom is 0.332 e. The van der Waals surface area contributed by atoms with E-state index in [9.17, 15) is 9.59 Å². The molecule has 0 amide bonds. The number of hydrogen-bond donors (Lipinski definition) is 0. The maximum absolute atomic E-state index is 13.3. The summed E-state index contributed by atoms with van der Waals surface area (Å²) in [5.41, 5.74) is 3.39. The largest absolute Gasteiger partial charge is 0.332 e. The van der Waals surface area contributed by atoms with Crippen molar-refractivity contribution < 1.29 is 0 Å². The summed E-state index contributed by atoms with van der Waals surface area (Å²) in [7, 11) is 0. The van der Waals surface area contributed by atoms with Gasteiger partial charge in [-0.15, -0.1) is 0 Å². The van der Waals surface area contributed by atoms with E-state index in [1.54, 1.807) is 22.9 Å². The molecule has 4 aromatic rings. The average molecular weight is 395 g/mol. The molecule has 1 aromatic carbocycles. The molecule has 0 saturated heterocycles. The Kier molecular flexibility index (Phi) is 4.63. The van der Waals surface area contributed by atoms with Crippen molar-refractivity contribution in [2.45, 2.75) is 46.7 Å². The SMILES string of the molecule is CCC(C)n1c(=O)c2ncccc2n(Cc2nsc3cc(C)cc(C)c23)c1=O. The van der Waals surface area contributed by atoms with Crippen molar-refractivity contribution >= 4 is 32.7 Å². The average Bonchev–Trinajstić information content (AvgIpc) is 3.07. The van der Waals surface area contributed by atoms with Gasteiger partial charge in [-0.05, 0) is 68.1 Å². The number of benzene rings is 1. The van der Waals surface area contributed by atoms with E-state index >= 15 is 0 Å². The van der Waals surface area contributed by atoms with Gasteiger partial charge in [-0.1, -0.05) is 13.0 Å². The summed E-state index contributed by atoms with van der Waals surface area (Å²) in [5.74, 6) is 0. The van der Waals surface area contributed by atoms with Gasteiger partial charge in [-0.25, -0.2) is 9.78 Å². The summed E-state index contributed by atoms with van der Waals surface area (Å²) in [6.45, 7) is 8.28.